The van der Waals surface area contributed by atoms with Gasteiger partial charge in [0.1, 0.15) is 18.7 Å². The van der Waals surface area contributed by atoms with E-state index in [0.717, 1.165) is 31.5 Å². The van der Waals surface area contributed by atoms with E-state index in [2.05, 4.69) is 10.2 Å². The lowest BCUT2D eigenvalue weighted by molar-refractivity contribution is -0.132. The third-order valence-corrected chi connectivity index (χ3v) is 5.36. The number of oxazole rings is 1. The predicted molar refractivity (Wildman–Crippen MR) is 99.5 cm³/mol. The zero-order valence-electron chi connectivity index (χ0n) is 15.0. The normalized spacial score (nSPS) is 17.1. The number of hydrogen-bond acceptors (Lipinski definition) is 5. The van der Waals surface area contributed by atoms with Gasteiger partial charge >= 0.3 is 5.76 Å². The van der Waals surface area contributed by atoms with Gasteiger partial charge in [-0.15, -0.1) is 10.2 Å². The Bertz CT molecular complexity index is 1040. The van der Waals surface area contributed by atoms with E-state index in [1.54, 1.807) is 24.5 Å². The fourth-order valence-electron chi connectivity index (χ4n) is 3.71. The van der Waals surface area contributed by atoms with Crippen LogP contribution in [0.1, 0.15) is 25.1 Å². The molecule has 1 atom stereocenters. The number of benzene rings is 1. The molecule has 9 heteroatoms. The quantitative estimate of drug-likeness (QED) is 0.666. The molecule has 0 radical (unpaired) electrons. The molecule has 27 heavy (non-hydrogen) atoms. The van der Waals surface area contributed by atoms with Crippen LogP contribution in [0.4, 0.5) is 0 Å². The lowest BCUT2D eigenvalue weighted by atomic mass is 10.1. The number of amides is 1. The Morgan fingerprint density at radius 1 is 1.41 bits per heavy atom. The van der Waals surface area contributed by atoms with Crippen molar-refractivity contribution in [2.24, 2.45) is 7.05 Å². The Labute approximate surface area is 160 Å². The number of nitrogens with zero attached hydrogens (tertiary/aromatic N) is 5. The fraction of sp³-hybridized carbons (Fsp3) is 0.444. The number of aromatic nitrogens is 4. The second kappa shape index (κ2) is 7.19. The zero-order chi connectivity index (χ0) is 19.0. The van der Waals surface area contributed by atoms with E-state index in [-0.39, 0.29) is 18.5 Å². The summed E-state index contributed by atoms with van der Waals surface area (Å²) in [6, 6.07) is 5.11. The molecule has 0 N–H and O–H groups in total. The molecule has 1 aliphatic heterocycles. The van der Waals surface area contributed by atoms with Gasteiger partial charge in [-0.1, -0.05) is 11.6 Å². The van der Waals surface area contributed by atoms with Gasteiger partial charge in [0.2, 0.25) is 5.91 Å². The standard InChI is InChI=1S/C18H20ClN5O3/c1-22-11-20-21-16(22)7-5-13-3-2-8-23(13)17(25)10-24-14-6-4-12(19)9-15(14)27-18(24)26/h4,6,9,11,13H,2-3,5,7-8,10H2,1H3. The van der Waals surface area contributed by atoms with Crippen molar-refractivity contribution in [3.8, 4) is 0 Å². The number of halogens is 1. The first-order valence-electron chi connectivity index (χ1n) is 8.94. The maximum Gasteiger partial charge on any atom is 0.420 e. The Kier molecular flexibility index (Phi) is 4.73. The zero-order valence-corrected chi connectivity index (χ0v) is 15.7. The van der Waals surface area contributed by atoms with E-state index in [9.17, 15) is 9.59 Å². The number of aryl methyl sites for hydroxylation is 2. The number of rotatable bonds is 5. The van der Waals surface area contributed by atoms with Crippen LogP contribution in [0, 0.1) is 0 Å². The van der Waals surface area contributed by atoms with Crippen LogP contribution in [0.2, 0.25) is 5.02 Å². The number of carbonyl (C=O) groups is 1. The largest absolute Gasteiger partial charge is 0.420 e. The number of likely N-dealkylation sites (tertiary alicyclic amines) is 1. The first-order valence-corrected chi connectivity index (χ1v) is 9.32. The van der Waals surface area contributed by atoms with Crippen LogP contribution in [0.25, 0.3) is 11.1 Å². The molecular formula is C18H20ClN5O3. The molecule has 4 rings (SSSR count). The summed E-state index contributed by atoms with van der Waals surface area (Å²) in [5, 5.41) is 8.48. The van der Waals surface area contributed by atoms with E-state index in [1.807, 2.05) is 16.5 Å². The summed E-state index contributed by atoms with van der Waals surface area (Å²) < 4.78 is 8.47. The highest BCUT2D eigenvalue weighted by molar-refractivity contribution is 6.31. The molecule has 3 heterocycles. The van der Waals surface area contributed by atoms with Crippen molar-refractivity contribution in [2.75, 3.05) is 6.54 Å². The van der Waals surface area contributed by atoms with Gasteiger partial charge in [-0.2, -0.15) is 0 Å². The minimum atomic E-state index is -0.546. The van der Waals surface area contributed by atoms with Gasteiger partial charge in [0.15, 0.2) is 5.58 Å². The predicted octanol–water partition coefficient (Wildman–Crippen LogP) is 2.00. The Morgan fingerprint density at radius 3 is 3.04 bits per heavy atom. The highest BCUT2D eigenvalue weighted by Crippen LogP contribution is 2.23. The van der Waals surface area contributed by atoms with Gasteiger partial charge in [-0.05, 0) is 31.4 Å². The summed E-state index contributed by atoms with van der Waals surface area (Å²) in [5.41, 5.74) is 0.966. The first-order chi connectivity index (χ1) is 13.0. The van der Waals surface area contributed by atoms with Gasteiger partial charge in [0.05, 0.1) is 5.52 Å². The molecule has 8 nitrogen and oxygen atoms in total. The van der Waals surface area contributed by atoms with Crippen LogP contribution >= 0.6 is 11.6 Å². The van der Waals surface area contributed by atoms with E-state index < -0.39 is 5.76 Å². The molecule has 0 saturated carbocycles. The molecular weight excluding hydrogens is 370 g/mol. The summed E-state index contributed by atoms with van der Waals surface area (Å²) in [4.78, 5) is 26.9. The lowest BCUT2D eigenvalue weighted by Gasteiger charge is -2.24. The minimum Gasteiger partial charge on any atom is -0.408 e. The van der Waals surface area contributed by atoms with E-state index >= 15 is 0 Å². The highest BCUT2D eigenvalue weighted by Gasteiger charge is 2.29. The monoisotopic (exact) mass is 389 g/mol. The highest BCUT2D eigenvalue weighted by atomic mass is 35.5. The number of hydrogen-bond donors (Lipinski definition) is 0. The first kappa shape index (κ1) is 17.8. The van der Waals surface area contributed by atoms with Crippen molar-refractivity contribution in [1.29, 1.82) is 0 Å². The van der Waals surface area contributed by atoms with Crippen molar-refractivity contribution in [2.45, 2.75) is 38.3 Å². The van der Waals surface area contributed by atoms with E-state index in [1.165, 1.54) is 4.57 Å². The summed E-state index contributed by atoms with van der Waals surface area (Å²) in [5.74, 6) is 0.286. The van der Waals surface area contributed by atoms with Crippen molar-refractivity contribution >= 4 is 28.6 Å². The third kappa shape index (κ3) is 3.49. The molecule has 3 aromatic rings. The molecule has 2 aromatic heterocycles. The van der Waals surface area contributed by atoms with Gasteiger partial charge in [0.25, 0.3) is 0 Å². The molecule has 1 saturated heterocycles. The molecule has 1 fully saturated rings. The smallest absolute Gasteiger partial charge is 0.408 e. The van der Waals surface area contributed by atoms with Crippen LogP contribution < -0.4 is 5.76 Å². The Balaban J connectivity index is 1.48. The molecule has 1 aromatic carbocycles. The topological polar surface area (TPSA) is 86.2 Å². The van der Waals surface area contributed by atoms with Gasteiger partial charge < -0.3 is 13.9 Å². The summed E-state index contributed by atoms with van der Waals surface area (Å²) in [6.07, 6.45) is 5.19. The SMILES string of the molecule is Cn1cnnc1CCC1CCCN1C(=O)Cn1c(=O)oc2cc(Cl)ccc21. The second-order valence-electron chi connectivity index (χ2n) is 6.85. The van der Waals surface area contributed by atoms with Crippen LogP contribution in [0.3, 0.4) is 0 Å². The van der Waals surface area contributed by atoms with E-state index in [4.69, 9.17) is 16.0 Å². The molecule has 0 bridgehead atoms. The van der Waals surface area contributed by atoms with Crippen LogP contribution in [0.15, 0.2) is 33.7 Å². The minimum absolute atomic E-state index is 0.0338. The Hall–Kier alpha value is -2.61. The molecule has 142 valence electrons. The van der Waals surface area contributed by atoms with Crippen molar-refractivity contribution in [3.05, 3.63) is 45.9 Å². The van der Waals surface area contributed by atoms with E-state index in [0.29, 0.717) is 22.7 Å². The van der Waals surface area contributed by atoms with Crippen molar-refractivity contribution in [3.63, 3.8) is 0 Å². The summed E-state index contributed by atoms with van der Waals surface area (Å²) >= 11 is 5.94. The second-order valence-corrected chi connectivity index (χ2v) is 7.28. The maximum atomic E-state index is 12.9. The summed E-state index contributed by atoms with van der Waals surface area (Å²) in [6.45, 7) is 0.673. The average Bonchev–Trinajstić information content (AvgIpc) is 3.33. The van der Waals surface area contributed by atoms with Gasteiger partial charge in [0, 0.05) is 37.1 Å². The van der Waals surface area contributed by atoms with Crippen molar-refractivity contribution in [1.82, 2.24) is 24.2 Å². The molecule has 0 spiro atoms. The molecule has 0 aliphatic carbocycles. The molecule has 1 unspecified atom stereocenters. The van der Waals surface area contributed by atoms with Crippen LogP contribution in [0.5, 0.6) is 0 Å². The third-order valence-electron chi connectivity index (χ3n) is 5.13. The lowest BCUT2D eigenvalue weighted by Crippen LogP contribution is -2.39. The number of carbonyl (C=O) groups excluding carboxylic acids is 1. The fourth-order valence-corrected chi connectivity index (χ4v) is 3.87. The number of fused-ring (bicyclic) bond motifs is 1. The average molecular weight is 390 g/mol. The molecule has 1 aliphatic rings. The van der Waals surface area contributed by atoms with Crippen LogP contribution in [-0.4, -0.2) is 42.7 Å². The molecule has 1 amide bonds. The van der Waals surface area contributed by atoms with Crippen LogP contribution in [-0.2, 0) is 24.8 Å². The Morgan fingerprint density at radius 2 is 2.26 bits per heavy atom. The van der Waals surface area contributed by atoms with Gasteiger partial charge in [-0.25, -0.2) is 4.79 Å². The van der Waals surface area contributed by atoms with Crippen molar-refractivity contribution < 1.29 is 9.21 Å². The maximum absolute atomic E-state index is 12.9. The van der Waals surface area contributed by atoms with Gasteiger partial charge in [-0.3, -0.25) is 9.36 Å². The summed E-state index contributed by atoms with van der Waals surface area (Å²) in [7, 11) is 1.91.